The third-order valence-corrected chi connectivity index (χ3v) is 2.08. The van der Waals surface area contributed by atoms with E-state index in [1.54, 1.807) is 6.33 Å². The summed E-state index contributed by atoms with van der Waals surface area (Å²) in [6, 6.07) is 2.24. The SMILES string of the molecule is CC(C)Nc1cc(NC(C)(C)CN)ncn1. The van der Waals surface area contributed by atoms with Gasteiger partial charge in [-0.15, -0.1) is 0 Å². The minimum absolute atomic E-state index is 0.163. The van der Waals surface area contributed by atoms with E-state index in [1.807, 2.05) is 19.9 Å². The van der Waals surface area contributed by atoms with Gasteiger partial charge < -0.3 is 16.4 Å². The Labute approximate surface area is 96.9 Å². The Bertz CT molecular complexity index is 335. The molecule has 0 aliphatic carbocycles. The molecule has 0 radical (unpaired) electrons. The van der Waals surface area contributed by atoms with Crippen molar-refractivity contribution in [2.45, 2.75) is 39.3 Å². The van der Waals surface area contributed by atoms with Crippen LogP contribution < -0.4 is 16.4 Å². The average molecular weight is 223 g/mol. The van der Waals surface area contributed by atoms with E-state index in [9.17, 15) is 0 Å². The second kappa shape index (κ2) is 5.12. The summed E-state index contributed by atoms with van der Waals surface area (Å²) < 4.78 is 0. The van der Waals surface area contributed by atoms with Crippen molar-refractivity contribution >= 4 is 11.6 Å². The summed E-state index contributed by atoms with van der Waals surface area (Å²) >= 11 is 0. The molecule has 0 spiro atoms. The number of nitrogens with two attached hydrogens (primary N) is 1. The Morgan fingerprint density at radius 1 is 1.31 bits per heavy atom. The zero-order valence-corrected chi connectivity index (χ0v) is 10.4. The molecule has 1 aromatic heterocycles. The summed E-state index contributed by atoms with van der Waals surface area (Å²) in [6.07, 6.45) is 1.54. The molecule has 5 nitrogen and oxygen atoms in total. The van der Waals surface area contributed by atoms with E-state index >= 15 is 0 Å². The predicted octanol–water partition coefficient (Wildman–Crippen LogP) is 1.45. The number of hydrogen-bond donors (Lipinski definition) is 3. The third kappa shape index (κ3) is 4.02. The molecule has 0 atom stereocenters. The molecule has 0 aliphatic rings. The van der Waals surface area contributed by atoms with Crippen LogP contribution in [0.2, 0.25) is 0 Å². The molecule has 0 bridgehead atoms. The molecule has 1 heterocycles. The van der Waals surface area contributed by atoms with E-state index in [1.165, 1.54) is 0 Å². The second-order valence-corrected chi connectivity index (χ2v) is 4.80. The molecule has 1 rings (SSSR count). The first-order valence-electron chi connectivity index (χ1n) is 5.50. The number of rotatable bonds is 5. The summed E-state index contributed by atoms with van der Waals surface area (Å²) in [7, 11) is 0. The van der Waals surface area contributed by atoms with E-state index in [0.29, 0.717) is 12.6 Å². The van der Waals surface area contributed by atoms with Crippen LogP contribution in [0, 0.1) is 0 Å². The fraction of sp³-hybridized carbons (Fsp3) is 0.636. The number of hydrogen-bond acceptors (Lipinski definition) is 5. The van der Waals surface area contributed by atoms with E-state index < -0.39 is 0 Å². The first-order valence-corrected chi connectivity index (χ1v) is 5.50. The van der Waals surface area contributed by atoms with Gasteiger partial charge in [0.25, 0.3) is 0 Å². The molecule has 0 fully saturated rings. The van der Waals surface area contributed by atoms with Crippen molar-refractivity contribution in [3.63, 3.8) is 0 Å². The normalized spacial score (nSPS) is 11.6. The minimum atomic E-state index is -0.163. The van der Waals surface area contributed by atoms with Crippen LogP contribution in [0.5, 0.6) is 0 Å². The van der Waals surface area contributed by atoms with E-state index in [-0.39, 0.29) is 5.54 Å². The molecule has 0 amide bonds. The van der Waals surface area contributed by atoms with Gasteiger partial charge in [0, 0.05) is 24.2 Å². The lowest BCUT2D eigenvalue weighted by Crippen LogP contribution is -2.39. The number of aromatic nitrogens is 2. The van der Waals surface area contributed by atoms with Gasteiger partial charge in [-0.2, -0.15) is 0 Å². The van der Waals surface area contributed by atoms with Crippen LogP contribution in [0.4, 0.5) is 11.6 Å². The summed E-state index contributed by atoms with van der Waals surface area (Å²) in [5, 5.41) is 6.49. The van der Waals surface area contributed by atoms with Gasteiger partial charge in [0.1, 0.15) is 18.0 Å². The van der Waals surface area contributed by atoms with Crippen LogP contribution in [0.25, 0.3) is 0 Å². The third-order valence-electron chi connectivity index (χ3n) is 2.08. The summed E-state index contributed by atoms with van der Waals surface area (Å²) in [4.78, 5) is 8.30. The van der Waals surface area contributed by atoms with E-state index in [4.69, 9.17) is 5.73 Å². The molecule has 0 saturated heterocycles. The molecule has 90 valence electrons. The van der Waals surface area contributed by atoms with Gasteiger partial charge in [-0.25, -0.2) is 9.97 Å². The molecule has 0 unspecified atom stereocenters. The van der Waals surface area contributed by atoms with E-state index in [2.05, 4.69) is 34.4 Å². The lowest BCUT2D eigenvalue weighted by molar-refractivity contribution is 0.577. The molecule has 5 heteroatoms. The highest BCUT2D eigenvalue weighted by Gasteiger charge is 2.15. The Kier molecular flexibility index (Phi) is 4.06. The van der Waals surface area contributed by atoms with Gasteiger partial charge in [-0.3, -0.25) is 0 Å². The Hall–Kier alpha value is -1.36. The Morgan fingerprint density at radius 2 is 1.94 bits per heavy atom. The monoisotopic (exact) mass is 223 g/mol. The molecular weight excluding hydrogens is 202 g/mol. The van der Waals surface area contributed by atoms with Gasteiger partial charge >= 0.3 is 0 Å². The van der Waals surface area contributed by atoms with Crippen LogP contribution in [0.15, 0.2) is 12.4 Å². The maximum Gasteiger partial charge on any atom is 0.131 e. The fourth-order valence-electron chi connectivity index (χ4n) is 1.20. The lowest BCUT2D eigenvalue weighted by atomic mass is 10.1. The van der Waals surface area contributed by atoms with Crippen LogP contribution in [-0.4, -0.2) is 28.1 Å². The zero-order chi connectivity index (χ0) is 12.2. The summed E-state index contributed by atoms with van der Waals surface area (Å²) in [5.74, 6) is 1.61. The minimum Gasteiger partial charge on any atom is -0.368 e. The number of anilines is 2. The van der Waals surface area contributed by atoms with Crippen molar-refractivity contribution in [1.29, 1.82) is 0 Å². The highest BCUT2D eigenvalue weighted by molar-refractivity contribution is 5.48. The first kappa shape index (κ1) is 12.7. The summed E-state index contributed by atoms with van der Waals surface area (Å²) in [5.41, 5.74) is 5.49. The van der Waals surface area contributed by atoms with Crippen LogP contribution in [-0.2, 0) is 0 Å². The Morgan fingerprint density at radius 3 is 2.50 bits per heavy atom. The number of nitrogens with one attached hydrogen (secondary N) is 2. The van der Waals surface area contributed by atoms with Crippen LogP contribution >= 0.6 is 0 Å². The Balaban J connectivity index is 2.74. The topological polar surface area (TPSA) is 75.9 Å². The molecule has 1 aromatic rings. The highest BCUT2D eigenvalue weighted by atomic mass is 15.1. The van der Waals surface area contributed by atoms with Gasteiger partial charge in [-0.05, 0) is 27.7 Å². The molecule has 0 saturated carbocycles. The largest absolute Gasteiger partial charge is 0.368 e. The molecule has 4 N–H and O–H groups in total. The standard InChI is InChI=1S/C11H21N5/c1-8(2)15-9-5-10(14-7-13-9)16-11(3,4)6-12/h5,7-8H,6,12H2,1-4H3,(H2,13,14,15,16). The maximum atomic E-state index is 5.65. The van der Waals surface area contributed by atoms with Crippen LogP contribution in [0.3, 0.4) is 0 Å². The van der Waals surface area contributed by atoms with Crippen molar-refractivity contribution in [2.75, 3.05) is 17.2 Å². The van der Waals surface area contributed by atoms with Gasteiger partial charge in [-0.1, -0.05) is 0 Å². The van der Waals surface area contributed by atoms with Crippen LogP contribution in [0.1, 0.15) is 27.7 Å². The molecule has 0 aliphatic heterocycles. The number of nitrogens with zero attached hydrogens (tertiary/aromatic N) is 2. The van der Waals surface area contributed by atoms with Crippen molar-refractivity contribution < 1.29 is 0 Å². The smallest absolute Gasteiger partial charge is 0.131 e. The van der Waals surface area contributed by atoms with Crippen molar-refractivity contribution in [3.05, 3.63) is 12.4 Å². The zero-order valence-electron chi connectivity index (χ0n) is 10.4. The van der Waals surface area contributed by atoms with Crippen molar-refractivity contribution in [1.82, 2.24) is 9.97 Å². The molecule has 16 heavy (non-hydrogen) atoms. The second-order valence-electron chi connectivity index (χ2n) is 4.80. The van der Waals surface area contributed by atoms with Gasteiger partial charge in [0.05, 0.1) is 0 Å². The average Bonchev–Trinajstić information content (AvgIpc) is 2.16. The van der Waals surface area contributed by atoms with Gasteiger partial charge in [0.15, 0.2) is 0 Å². The molecule has 0 aromatic carbocycles. The predicted molar refractivity (Wildman–Crippen MR) is 67.5 cm³/mol. The lowest BCUT2D eigenvalue weighted by Gasteiger charge is -2.25. The quantitative estimate of drug-likeness (QED) is 0.704. The summed E-state index contributed by atoms with van der Waals surface area (Å²) in [6.45, 7) is 8.75. The first-order chi connectivity index (χ1) is 7.43. The highest BCUT2D eigenvalue weighted by Crippen LogP contribution is 2.14. The van der Waals surface area contributed by atoms with Crippen molar-refractivity contribution in [3.8, 4) is 0 Å². The fourth-order valence-corrected chi connectivity index (χ4v) is 1.20. The molecular formula is C11H21N5. The van der Waals surface area contributed by atoms with Gasteiger partial charge in [0.2, 0.25) is 0 Å². The van der Waals surface area contributed by atoms with E-state index in [0.717, 1.165) is 11.6 Å². The maximum absolute atomic E-state index is 5.65. The van der Waals surface area contributed by atoms with Crippen molar-refractivity contribution in [2.24, 2.45) is 5.73 Å².